The first-order valence-electron chi connectivity index (χ1n) is 6.63. The van der Waals surface area contributed by atoms with Gasteiger partial charge in [-0.2, -0.15) is 0 Å². The molecular formula is C15H24O2. The van der Waals surface area contributed by atoms with Gasteiger partial charge in [0, 0.05) is 11.5 Å². The van der Waals surface area contributed by atoms with Crippen LogP contribution in [0.5, 0.6) is 0 Å². The lowest BCUT2D eigenvalue weighted by Crippen LogP contribution is -2.38. The van der Waals surface area contributed by atoms with E-state index in [9.17, 15) is 4.79 Å². The zero-order valence-corrected chi connectivity index (χ0v) is 11.7. The van der Waals surface area contributed by atoms with Crippen LogP contribution in [-0.4, -0.2) is 12.1 Å². The zero-order chi connectivity index (χ0) is 12.8. The minimum atomic E-state index is -0.167. The van der Waals surface area contributed by atoms with E-state index in [0.29, 0.717) is 5.41 Å². The van der Waals surface area contributed by atoms with Crippen LogP contribution < -0.4 is 0 Å². The Labute approximate surface area is 104 Å². The lowest BCUT2D eigenvalue weighted by molar-refractivity contribution is -0.150. The van der Waals surface area contributed by atoms with Crippen molar-refractivity contribution in [2.24, 2.45) is 16.7 Å². The predicted octanol–water partition coefficient (Wildman–Crippen LogP) is 3.71. The summed E-state index contributed by atoms with van der Waals surface area (Å²) in [7, 11) is 0. The van der Waals surface area contributed by atoms with Crippen molar-refractivity contribution in [3.63, 3.8) is 0 Å². The molecule has 2 saturated carbocycles. The van der Waals surface area contributed by atoms with E-state index in [-0.39, 0.29) is 17.5 Å². The Morgan fingerprint density at radius 1 is 1.29 bits per heavy atom. The minimum absolute atomic E-state index is 0.111. The quantitative estimate of drug-likeness (QED) is 0.539. The summed E-state index contributed by atoms with van der Waals surface area (Å²) in [5.74, 6) is 0.552. The van der Waals surface area contributed by atoms with Crippen LogP contribution in [0.4, 0.5) is 0 Å². The molecule has 2 rings (SSSR count). The van der Waals surface area contributed by atoms with Gasteiger partial charge >= 0.3 is 5.97 Å². The van der Waals surface area contributed by atoms with Crippen molar-refractivity contribution >= 4 is 5.97 Å². The third kappa shape index (κ3) is 1.82. The Kier molecular flexibility index (Phi) is 2.87. The zero-order valence-electron chi connectivity index (χ0n) is 11.7. The normalized spacial score (nSPS) is 37.9. The number of hydrogen-bond acceptors (Lipinski definition) is 2. The van der Waals surface area contributed by atoms with E-state index < -0.39 is 0 Å². The molecule has 0 saturated heterocycles. The average Bonchev–Trinajstić information content (AvgIpc) is 2.49. The molecule has 2 nitrogen and oxygen atoms in total. The minimum Gasteiger partial charge on any atom is -0.459 e. The van der Waals surface area contributed by atoms with Crippen LogP contribution in [0, 0.1) is 16.7 Å². The van der Waals surface area contributed by atoms with Crippen molar-refractivity contribution in [1.29, 1.82) is 0 Å². The van der Waals surface area contributed by atoms with Crippen molar-refractivity contribution in [1.82, 2.24) is 0 Å². The standard InChI is InChI=1S/C15H24O2/c1-10(2)8-13(16)17-12-9-11-6-7-15(12,5)14(11,3)4/h8,11-12H,6-7,9H2,1-5H3. The molecule has 0 aliphatic heterocycles. The highest BCUT2D eigenvalue weighted by Gasteiger charge is 2.62. The van der Waals surface area contributed by atoms with Gasteiger partial charge in [-0.3, -0.25) is 0 Å². The summed E-state index contributed by atoms with van der Waals surface area (Å²) in [5.41, 5.74) is 1.48. The Hall–Kier alpha value is -0.790. The average molecular weight is 236 g/mol. The van der Waals surface area contributed by atoms with Crippen LogP contribution in [0.1, 0.15) is 53.9 Å². The number of fused-ring (bicyclic) bond motifs is 2. The fourth-order valence-electron chi connectivity index (χ4n) is 3.72. The maximum atomic E-state index is 11.7. The lowest BCUT2D eigenvalue weighted by Gasteiger charge is -2.38. The molecule has 0 radical (unpaired) electrons. The van der Waals surface area contributed by atoms with Crippen molar-refractivity contribution in [2.75, 3.05) is 0 Å². The first-order chi connectivity index (χ1) is 7.77. The number of carbonyl (C=O) groups excluding carboxylic acids is 1. The summed E-state index contributed by atoms with van der Waals surface area (Å²) >= 11 is 0. The van der Waals surface area contributed by atoms with Gasteiger partial charge in [-0.25, -0.2) is 4.79 Å². The van der Waals surface area contributed by atoms with E-state index in [1.807, 2.05) is 13.8 Å². The smallest absolute Gasteiger partial charge is 0.330 e. The van der Waals surface area contributed by atoms with E-state index in [1.165, 1.54) is 12.8 Å². The monoisotopic (exact) mass is 236 g/mol. The highest BCUT2D eigenvalue weighted by atomic mass is 16.5. The number of esters is 1. The second-order valence-electron chi connectivity index (χ2n) is 6.76. The molecule has 2 bridgehead atoms. The second kappa shape index (κ2) is 3.86. The molecule has 0 amide bonds. The van der Waals surface area contributed by atoms with Crippen molar-refractivity contribution in [3.8, 4) is 0 Å². The van der Waals surface area contributed by atoms with Crippen LogP contribution in [0.25, 0.3) is 0 Å². The topological polar surface area (TPSA) is 26.3 Å². The highest BCUT2D eigenvalue weighted by molar-refractivity contribution is 5.82. The number of rotatable bonds is 2. The molecular weight excluding hydrogens is 212 g/mol. The van der Waals surface area contributed by atoms with Gasteiger partial charge in [0.2, 0.25) is 0 Å². The van der Waals surface area contributed by atoms with E-state index in [1.54, 1.807) is 6.08 Å². The van der Waals surface area contributed by atoms with Crippen molar-refractivity contribution in [2.45, 2.75) is 60.0 Å². The van der Waals surface area contributed by atoms with Gasteiger partial charge in [0.05, 0.1) is 0 Å². The maximum Gasteiger partial charge on any atom is 0.330 e. The lowest BCUT2D eigenvalue weighted by atomic mass is 9.70. The first kappa shape index (κ1) is 12.7. The Bertz CT molecular complexity index is 363. The summed E-state index contributed by atoms with van der Waals surface area (Å²) in [4.78, 5) is 11.7. The summed E-state index contributed by atoms with van der Waals surface area (Å²) in [6.45, 7) is 10.8. The number of hydrogen-bond donors (Lipinski definition) is 0. The highest BCUT2D eigenvalue weighted by Crippen LogP contribution is 2.66. The van der Waals surface area contributed by atoms with Crippen LogP contribution in [-0.2, 0) is 9.53 Å². The Balaban J connectivity index is 2.11. The Morgan fingerprint density at radius 2 is 1.94 bits per heavy atom. The molecule has 3 atom stereocenters. The van der Waals surface area contributed by atoms with Gasteiger partial charge < -0.3 is 4.74 Å². The second-order valence-corrected chi connectivity index (χ2v) is 6.76. The van der Waals surface area contributed by atoms with Crippen LogP contribution in [0.3, 0.4) is 0 Å². The van der Waals surface area contributed by atoms with Crippen LogP contribution in [0.2, 0.25) is 0 Å². The maximum absolute atomic E-state index is 11.7. The SMILES string of the molecule is CC(C)=CC(=O)OC1CC2CCC1(C)C2(C)C. The van der Waals surface area contributed by atoms with E-state index >= 15 is 0 Å². The molecule has 2 aliphatic rings. The number of carbonyl (C=O) groups is 1. The van der Waals surface area contributed by atoms with Crippen LogP contribution >= 0.6 is 0 Å². The van der Waals surface area contributed by atoms with Gasteiger partial charge in [0.25, 0.3) is 0 Å². The number of ether oxygens (including phenoxy) is 1. The molecule has 0 aromatic carbocycles. The molecule has 17 heavy (non-hydrogen) atoms. The summed E-state index contributed by atoms with van der Waals surface area (Å²) in [5, 5.41) is 0. The van der Waals surface area contributed by atoms with Gasteiger partial charge in [-0.1, -0.05) is 26.3 Å². The third-order valence-electron chi connectivity index (χ3n) is 5.38. The van der Waals surface area contributed by atoms with Crippen molar-refractivity contribution in [3.05, 3.63) is 11.6 Å². The van der Waals surface area contributed by atoms with Gasteiger partial charge in [0.15, 0.2) is 0 Å². The first-order valence-corrected chi connectivity index (χ1v) is 6.63. The molecule has 2 heteroatoms. The molecule has 0 aromatic heterocycles. The molecule has 0 spiro atoms. The predicted molar refractivity (Wildman–Crippen MR) is 68.5 cm³/mol. The van der Waals surface area contributed by atoms with Gasteiger partial charge in [-0.15, -0.1) is 0 Å². The third-order valence-corrected chi connectivity index (χ3v) is 5.38. The summed E-state index contributed by atoms with van der Waals surface area (Å²) in [6.07, 6.45) is 5.24. The van der Waals surface area contributed by atoms with Crippen LogP contribution in [0.15, 0.2) is 11.6 Å². The number of allylic oxidation sites excluding steroid dienone is 1. The molecule has 2 fully saturated rings. The molecule has 2 aliphatic carbocycles. The van der Waals surface area contributed by atoms with Crippen molar-refractivity contribution < 1.29 is 9.53 Å². The largest absolute Gasteiger partial charge is 0.459 e. The molecule has 96 valence electrons. The fraction of sp³-hybridized carbons (Fsp3) is 0.800. The van der Waals surface area contributed by atoms with Gasteiger partial charge in [-0.05, 0) is 44.4 Å². The summed E-state index contributed by atoms with van der Waals surface area (Å²) < 4.78 is 5.68. The van der Waals surface area contributed by atoms with E-state index in [2.05, 4.69) is 20.8 Å². The van der Waals surface area contributed by atoms with Gasteiger partial charge in [0.1, 0.15) is 6.10 Å². The van der Waals surface area contributed by atoms with E-state index in [4.69, 9.17) is 4.74 Å². The molecule has 3 unspecified atom stereocenters. The fourth-order valence-corrected chi connectivity index (χ4v) is 3.72. The molecule has 0 aromatic rings. The molecule has 0 heterocycles. The summed E-state index contributed by atoms with van der Waals surface area (Å²) in [6, 6.07) is 0. The molecule has 0 N–H and O–H groups in total. The Morgan fingerprint density at radius 3 is 2.35 bits per heavy atom. The van der Waals surface area contributed by atoms with E-state index in [0.717, 1.165) is 17.9 Å².